The van der Waals surface area contributed by atoms with Crippen LogP contribution in [0.4, 0.5) is 0 Å². The summed E-state index contributed by atoms with van der Waals surface area (Å²) in [7, 11) is -3.46. The molecule has 3 rings (SSSR count). The molecule has 0 amide bonds. The van der Waals surface area contributed by atoms with Crippen molar-refractivity contribution in [2.75, 3.05) is 26.2 Å². The molecule has 0 atom stereocenters. The van der Waals surface area contributed by atoms with E-state index >= 15 is 0 Å². The highest BCUT2D eigenvalue weighted by Crippen LogP contribution is 2.23. The number of aliphatic hydroxyl groups is 1. The van der Waals surface area contributed by atoms with Gasteiger partial charge in [0.05, 0.1) is 12.6 Å². The molecule has 21 heavy (non-hydrogen) atoms. The van der Waals surface area contributed by atoms with Crippen molar-refractivity contribution in [3.05, 3.63) is 17.9 Å². The van der Waals surface area contributed by atoms with Crippen LogP contribution in [0.3, 0.4) is 0 Å². The minimum absolute atomic E-state index is 0.0523. The van der Waals surface area contributed by atoms with Crippen LogP contribution in [0.25, 0.3) is 0 Å². The predicted octanol–water partition coefficient (Wildman–Crippen LogP) is 1.02. The SMILES string of the molecule is O=S(=O)(c1ccc(CN2CCC(O)CC2)o1)N1CCCC1. The van der Waals surface area contributed by atoms with E-state index in [1.165, 1.54) is 4.31 Å². The molecule has 2 aliphatic rings. The zero-order valence-corrected chi connectivity index (χ0v) is 12.9. The summed E-state index contributed by atoms with van der Waals surface area (Å²) < 4.78 is 31.8. The van der Waals surface area contributed by atoms with Gasteiger partial charge < -0.3 is 9.52 Å². The Morgan fingerprint density at radius 1 is 1.14 bits per heavy atom. The molecule has 0 aliphatic carbocycles. The van der Waals surface area contributed by atoms with Gasteiger partial charge in [-0.3, -0.25) is 4.90 Å². The molecule has 0 unspecified atom stereocenters. The number of hydrogen-bond acceptors (Lipinski definition) is 5. The van der Waals surface area contributed by atoms with Crippen molar-refractivity contribution in [1.29, 1.82) is 0 Å². The minimum Gasteiger partial charge on any atom is -0.447 e. The molecule has 7 heteroatoms. The van der Waals surface area contributed by atoms with Gasteiger partial charge >= 0.3 is 0 Å². The van der Waals surface area contributed by atoms with E-state index in [0.717, 1.165) is 38.8 Å². The van der Waals surface area contributed by atoms with Crippen LogP contribution >= 0.6 is 0 Å². The van der Waals surface area contributed by atoms with Gasteiger partial charge in [0, 0.05) is 26.2 Å². The van der Waals surface area contributed by atoms with Crippen LogP contribution in [0, 0.1) is 0 Å². The van der Waals surface area contributed by atoms with Gasteiger partial charge in [-0.25, -0.2) is 8.42 Å². The number of nitrogens with zero attached hydrogens (tertiary/aromatic N) is 2. The maximum atomic E-state index is 12.4. The van der Waals surface area contributed by atoms with Gasteiger partial charge in [0.25, 0.3) is 10.0 Å². The molecule has 1 aromatic heterocycles. The summed E-state index contributed by atoms with van der Waals surface area (Å²) in [6, 6.07) is 3.30. The van der Waals surface area contributed by atoms with Crippen molar-refractivity contribution in [2.24, 2.45) is 0 Å². The molecule has 0 aromatic carbocycles. The third-order valence-corrected chi connectivity index (χ3v) is 6.01. The number of hydrogen-bond donors (Lipinski definition) is 1. The van der Waals surface area contributed by atoms with Crippen LogP contribution in [0.1, 0.15) is 31.4 Å². The Labute approximate surface area is 125 Å². The van der Waals surface area contributed by atoms with Crippen LogP contribution in [-0.4, -0.2) is 55.0 Å². The topological polar surface area (TPSA) is 74.0 Å². The molecule has 1 N–H and O–H groups in total. The molecule has 0 bridgehead atoms. The normalized spacial score (nSPS) is 22.9. The van der Waals surface area contributed by atoms with Crippen LogP contribution < -0.4 is 0 Å². The fourth-order valence-corrected chi connectivity index (χ4v) is 4.38. The second kappa shape index (κ2) is 6.08. The smallest absolute Gasteiger partial charge is 0.276 e. The largest absolute Gasteiger partial charge is 0.447 e. The monoisotopic (exact) mass is 314 g/mol. The van der Waals surface area contributed by atoms with E-state index in [1.54, 1.807) is 12.1 Å². The number of sulfonamides is 1. The van der Waals surface area contributed by atoms with Crippen LogP contribution in [0.2, 0.25) is 0 Å². The second-order valence-corrected chi connectivity index (χ2v) is 7.71. The Morgan fingerprint density at radius 2 is 1.81 bits per heavy atom. The van der Waals surface area contributed by atoms with Gasteiger partial charge in [-0.05, 0) is 37.8 Å². The molecular formula is C14H22N2O4S. The lowest BCUT2D eigenvalue weighted by atomic mass is 10.1. The number of piperidine rings is 1. The highest BCUT2D eigenvalue weighted by molar-refractivity contribution is 7.89. The molecule has 2 aliphatic heterocycles. The van der Waals surface area contributed by atoms with Gasteiger partial charge in [0.2, 0.25) is 5.09 Å². The summed E-state index contributed by atoms with van der Waals surface area (Å²) >= 11 is 0. The lowest BCUT2D eigenvalue weighted by molar-refractivity contribution is 0.0753. The van der Waals surface area contributed by atoms with E-state index in [-0.39, 0.29) is 11.2 Å². The maximum absolute atomic E-state index is 12.4. The Hall–Kier alpha value is -0.890. The van der Waals surface area contributed by atoms with E-state index < -0.39 is 10.0 Å². The highest BCUT2D eigenvalue weighted by Gasteiger charge is 2.30. The second-order valence-electron chi connectivity index (χ2n) is 5.84. The lowest BCUT2D eigenvalue weighted by Crippen LogP contribution is -2.35. The minimum atomic E-state index is -3.46. The summed E-state index contributed by atoms with van der Waals surface area (Å²) in [6.45, 7) is 3.40. The molecule has 2 saturated heterocycles. The standard InChI is InChI=1S/C14H22N2O4S/c17-12-5-9-15(10-6-12)11-13-3-4-14(20-13)21(18,19)16-7-1-2-8-16/h3-4,12,17H,1-2,5-11H2. The first-order valence-corrected chi connectivity index (χ1v) is 8.99. The third kappa shape index (κ3) is 3.31. The first-order valence-electron chi connectivity index (χ1n) is 7.55. The van der Waals surface area contributed by atoms with Crippen molar-refractivity contribution in [3.63, 3.8) is 0 Å². The summed E-state index contributed by atoms with van der Waals surface area (Å²) in [5.41, 5.74) is 0. The summed E-state index contributed by atoms with van der Waals surface area (Å²) in [4.78, 5) is 2.18. The molecule has 1 aromatic rings. The lowest BCUT2D eigenvalue weighted by Gasteiger charge is -2.28. The number of aliphatic hydroxyl groups excluding tert-OH is 1. The van der Waals surface area contributed by atoms with Gasteiger partial charge in [-0.15, -0.1) is 0 Å². The van der Waals surface area contributed by atoms with E-state index in [9.17, 15) is 13.5 Å². The summed E-state index contributed by atoms with van der Waals surface area (Å²) in [5, 5.41) is 9.54. The fraction of sp³-hybridized carbons (Fsp3) is 0.714. The molecule has 2 fully saturated rings. The molecule has 6 nitrogen and oxygen atoms in total. The summed E-state index contributed by atoms with van der Waals surface area (Å²) in [5.74, 6) is 0.671. The Balaban J connectivity index is 1.66. The van der Waals surface area contributed by atoms with Gasteiger partial charge in [-0.2, -0.15) is 4.31 Å². The Kier molecular flexibility index (Phi) is 4.35. The first-order chi connectivity index (χ1) is 10.1. The summed E-state index contributed by atoms with van der Waals surface area (Å²) in [6.07, 6.45) is 3.16. The molecule has 0 spiro atoms. The Bertz CT molecular complexity index is 570. The fourth-order valence-electron chi connectivity index (χ4n) is 2.94. The van der Waals surface area contributed by atoms with E-state index in [1.807, 2.05) is 0 Å². The van der Waals surface area contributed by atoms with E-state index in [0.29, 0.717) is 25.4 Å². The number of rotatable bonds is 4. The predicted molar refractivity (Wildman–Crippen MR) is 77.2 cm³/mol. The third-order valence-electron chi connectivity index (χ3n) is 4.23. The Morgan fingerprint density at radius 3 is 2.48 bits per heavy atom. The van der Waals surface area contributed by atoms with Crippen molar-refractivity contribution in [3.8, 4) is 0 Å². The quantitative estimate of drug-likeness (QED) is 0.898. The van der Waals surface area contributed by atoms with Crippen LogP contribution in [-0.2, 0) is 16.6 Å². The molecular weight excluding hydrogens is 292 g/mol. The van der Waals surface area contributed by atoms with Gasteiger partial charge in [0.15, 0.2) is 0 Å². The molecule has 0 radical (unpaired) electrons. The highest BCUT2D eigenvalue weighted by atomic mass is 32.2. The van der Waals surface area contributed by atoms with Crippen molar-refractivity contribution < 1.29 is 17.9 Å². The van der Waals surface area contributed by atoms with E-state index in [4.69, 9.17) is 4.42 Å². The average molecular weight is 314 g/mol. The number of likely N-dealkylation sites (tertiary alicyclic amines) is 1. The molecule has 3 heterocycles. The molecule has 0 saturated carbocycles. The van der Waals surface area contributed by atoms with Gasteiger partial charge in [0.1, 0.15) is 5.76 Å². The van der Waals surface area contributed by atoms with Crippen molar-refractivity contribution in [2.45, 2.75) is 43.4 Å². The maximum Gasteiger partial charge on any atom is 0.276 e. The van der Waals surface area contributed by atoms with Gasteiger partial charge in [-0.1, -0.05) is 0 Å². The zero-order chi connectivity index (χ0) is 14.9. The van der Waals surface area contributed by atoms with Crippen LogP contribution in [0.5, 0.6) is 0 Å². The zero-order valence-electron chi connectivity index (χ0n) is 12.1. The number of furan rings is 1. The van der Waals surface area contributed by atoms with Crippen molar-refractivity contribution >= 4 is 10.0 Å². The first kappa shape index (κ1) is 15.0. The molecule has 118 valence electrons. The van der Waals surface area contributed by atoms with Crippen molar-refractivity contribution in [1.82, 2.24) is 9.21 Å². The van der Waals surface area contributed by atoms with E-state index in [2.05, 4.69) is 4.90 Å². The van der Waals surface area contributed by atoms with Crippen LogP contribution in [0.15, 0.2) is 21.6 Å². The average Bonchev–Trinajstić information content (AvgIpc) is 3.12.